The van der Waals surface area contributed by atoms with Crippen LogP contribution in [0.25, 0.3) is 0 Å². The molecule has 2 rings (SSSR count). The Morgan fingerprint density at radius 1 is 1.26 bits per heavy atom. The van der Waals surface area contributed by atoms with Gasteiger partial charge in [0, 0.05) is 26.2 Å². The van der Waals surface area contributed by atoms with E-state index < -0.39 is 0 Å². The monoisotopic (exact) mass is 336 g/mol. The van der Waals surface area contributed by atoms with Crippen LogP contribution in [0.4, 0.5) is 11.5 Å². The van der Waals surface area contributed by atoms with Crippen molar-refractivity contribution in [2.45, 2.75) is 20.3 Å². The first-order chi connectivity index (χ1) is 10.8. The number of carbonyl (C=O) groups is 1. The minimum atomic E-state index is -0.363. The van der Waals surface area contributed by atoms with Crippen molar-refractivity contribution in [1.29, 1.82) is 0 Å². The summed E-state index contributed by atoms with van der Waals surface area (Å²) < 4.78 is 5.10. The van der Waals surface area contributed by atoms with Crippen LogP contribution in [0.5, 0.6) is 5.75 Å². The van der Waals surface area contributed by atoms with Crippen molar-refractivity contribution in [1.82, 2.24) is 9.97 Å². The fraction of sp³-hybridized carbons (Fsp3) is 0.312. The fourth-order valence-electron chi connectivity index (χ4n) is 1.54. The SMILES string of the molecule is CCC(=O)Oc1c(Cl)nc(C)nc1N(C)C.Nc1ccccc1. The summed E-state index contributed by atoms with van der Waals surface area (Å²) >= 11 is 5.92. The molecule has 23 heavy (non-hydrogen) atoms. The second-order valence-corrected chi connectivity index (χ2v) is 5.21. The number of benzene rings is 1. The van der Waals surface area contributed by atoms with E-state index in [1.807, 2.05) is 30.3 Å². The van der Waals surface area contributed by atoms with Gasteiger partial charge in [-0.05, 0) is 19.1 Å². The van der Waals surface area contributed by atoms with E-state index in [0.29, 0.717) is 11.6 Å². The van der Waals surface area contributed by atoms with Crippen LogP contribution in [0.1, 0.15) is 19.2 Å². The Morgan fingerprint density at radius 3 is 2.30 bits per heavy atom. The summed E-state index contributed by atoms with van der Waals surface area (Å²) in [6, 6.07) is 9.49. The molecule has 0 unspecified atom stereocenters. The number of aryl methyl sites for hydroxylation is 1. The molecule has 1 aromatic heterocycles. The number of nitrogens with zero attached hydrogens (tertiary/aromatic N) is 3. The molecular formula is C16H21ClN4O2. The van der Waals surface area contributed by atoms with Crippen LogP contribution < -0.4 is 15.4 Å². The molecule has 0 aliphatic carbocycles. The van der Waals surface area contributed by atoms with Gasteiger partial charge in [-0.15, -0.1) is 0 Å². The molecule has 7 heteroatoms. The number of aromatic nitrogens is 2. The predicted molar refractivity (Wildman–Crippen MR) is 92.9 cm³/mol. The van der Waals surface area contributed by atoms with Crippen LogP contribution in [-0.2, 0) is 4.79 Å². The number of hydrogen-bond donors (Lipinski definition) is 1. The van der Waals surface area contributed by atoms with Crippen molar-refractivity contribution in [3.8, 4) is 5.75 Å². The van der Waals surface area contributed by atoms with Gasteiger partial charge >= 0.3 is 5.97 Å². The number of para-hydroxylation sites is 1. The molecular weight excluding hydrogens is 316 g/mol. The van der Waals surface area contributed by atoms with E-state index in [0.717, 1.165) is 5.69 Å². The van der Waals surface area contributed by atoms with Crippen molar-refractivity contribution in [2.75, 3.05) is 24.7 Å². The number of nitrogen functional groups attached to an aromatic ring is 1. The molecule has 2 aromatic rings. The molecule has 6 nitrogen and oxygen atoms in total. The average Bonchev–Trinajstić information content (AvgIpc) is 2.50. The lowest BCUT2D eigenvalue weighted by atomic mass is 10.3. The molecule has 0 amide bonds. The number of esters is 1. The summed E-state index contributed by atoms with van der Waals surface area (Å²) in [5.74, 6) is 0.880. The van der Waals surface area contributed by atoms with Crippen LogP contribution in [0.2, 0.25) is 5.15 Å². The van der Waals surface area contributed by atoms with Crippen LogP contribution in [-0.4, -0.2) is 30.0 Å². The molecule has 0 atom stereocenters. The maximum atomic E-state index is 11.2. The molecule has 2 N–H and O–H groups in total. The van der Waals surface area contributed by atoms with Crippen molar-refractivity contribution >= 4 is 29.1 Å². The number of nitrogens with two attached hydrogens (primary N) is 1. The van der Waals surface area contributed by atoms with E-state index in [1.54, 1.807) is 32.8 Å². The molecule has 0 saturated carbocycles. The maximum Gasteiger partial charge on any atom is 0.311 e. The Labute approximate surface area is 141 Å². The van der Waals surface area contributed by atoms with Crippen molar-refractivity contribution in [2.24, 2.45) is 0 Å². The third kappa shape index (κ3) is 6.12. The van der Waals surface area contributed by atoms with Gasteiger partial charge in [-0.1, -0.05) is 36.7 Å². The summed E-state index contributed by atoms with van der Waals surface area (Å²) in [6.07, 6.45) is 0.275. The third-order valence-electron chi connectivity index (χ3n) is 2.65. The third-order valence-corrected chi connectivity index (χ3v) is 2.90. The highest BCUT2D eigenvalue weighted by Crippen LogP contribution is 2.31. The van der Waals surface area contributed by atoms with Gasteiger partial charge < -0.3 is 15.4 Å². The normalized spacial score (nSPS) is 9.61. The quantitative estimate of drug-likeness (QED) is 0.527. The molecule has 0 aliphatic rings. The number of halogens is 1. The van der Waals surface area contributed by atoms with Gasteiger partial charge in [0.2, 0.25) is 5.75 Å². The van der Waals surface area contributed by atoms with E-state index >= 15 is 0 Å². The van der Waals surface area contributed by atoms with Gasteiger partial charge in [0.15, 0.2) is 11.0 Å². The lowest BCUT2D eigenvalue weighted by Gasteiger charge is -2.16. The van der Waals surface area contributed by atoms with E-state index in [2.05, 4.69) is 9.97 Å². The van der Waals surface area contributed by atoms with Crippen molar-refractivity contribution < 1.29 is 9.53 Å². The minimum absolute atomic E-state index is 0.151. The van der Waals surface area contributed by atoms with Crippen molar-refractivity contribution in [3.63, 3.8) is 0 Å². The first-order valence-electron chi connectivity index (χ1n) is 7.07. The van der Waals surface area contributed by atoms with Gasteiger partial charge in [0.05, 0.1) is 0 Å². The Kier molecular flexibility index (Phi) is 7.28. The van der Waals surface area contributed by atoms with E-state index in [9.17, 15) is 4.79 Å². The number of rotatable bonds is 3. The largest absolute Gasteiger partial charge is 0.419 e. The zero-order chi connectivity index (χ0) is 17.4. The summed E-state index contributed by atoms with van der Waals surface area (Å²) in [5, 5.41) is 0.151. The summed E-state index contributed by atoms with van der Waals surface area (Å²) in [7, 11) is 3.59. The zero-order valence-electron chi connectivity index (χ0n) is 13.7. The highest BCUT2D eigenvalue weighted by Gasteiger charge is 2.17. The van der Waals surface area contributed by atoms with Crippen LogP contribution in [0, 0.1) is 6.92 Å². The van der Waals surface area contributed by atoms with Crippen molar-refractivity contribution in [3.05, 3.63) is 41.3 Å². The van der Waals surface area contributed by atoms with Crippen LogP contribution in [0.15, 0.2) is 30.3 Å². The molecule has 1 aromatic carbocycles. The van der Waals surface area contributed by atoms with Gasteiger partial charge in [-0.25, -0.2) is 9.97 Å². The van der Waals surface area contributed by atoms with Gasteiger partial charge in [0.1, 0.15) is 5.82 Å². The summed E-state index contributed by atoms with van der Waals surface area (Å²) in [5.41, 5.74) is 6.18. The fourth-order valence-corrected chi connectivity index (χ4v) is 1.79. The highest BCUT2D eigenvalue weighted by atomic mass is 35.5. The van der Waals surface area contributed by atoms with Gasteiger partial charge in [-0.3, -0.25) is 4.79 Å². The van der Waals surface area contributed by atoms with E-state index in [-0.39, 0.29) is 23.3 Å². The predicted octanol–water partition coefficient (Wildman–Crippen LogP) is 3.09. The highest BCUT2D eigenvalue weighted by molar-refractivity contribution is 6.31. The molecule has 0 fully saturated rings. The summed E-state index contributed by atoms with van der Waals surface area (Å²) in [6.45, 7) is 3.44. The number of hydrogen-bond acceptors (Lipinski definition) is 6. The first-order valence-corrected chi connectivity index (χ1v) is 7.45. The second-order valence-electron chi connectivity index (χ2n) is 4.85. The maximum absolute atomic E-state index is 11.2. The van der Waals surface area contributed by atoms with Gasteiger partial charge in [-0.2, -0.15) is 0 Å². The molecule has 0 saturated heterocycles. The number of carbonyl (C=O) groups excluding carboxylic acids is 1. The minimum Gasteiger partial charge on any atom is -0.419 e. The smallest absolute Gasteiger partial charge is 0.311 e. The first kappa shape index (κ1) is 18.7. The Balaban J connectivity index is 0.000000313. The van der Waals surface area contributed by atoms with Crippen LogP contribution >= 0.6 is 11.6 Å². The average molecular weight is 337 g/mol. The molecule has 1 heterocycles. The Morgan fingerprint density at radius 2 is 1.87 bits per heavy atom. The molecule has 0 radical (unpaired) electrons. The van der Waals surface area contributed by atoms with E-state index in [4.69, 9.17) is 22.1 Å². The van der Waals surface area contributed by atoms with Crippen LogP contribution in [0.3, 0.4) is 0 Å². The Hall–Kier alpha value is -2.34. The zero-order valence-corrected chi connectivity index (χ0v) is 14.5. The molecule has 0 bridgehead atoms. The van der Waals surface area contributed by atoms with E-state index in [1.165, 1.54) is 0 Å². The molecule has 124 valence electrons. The number of ether oxygens (including phenoxy) is 1. The molecule has 0 spiro atoms. The van der Waals surface area contributed by atoms with Gasteiger partial charge in [0.25, 0.3) is 0 Å². The number of anilines is 2. The topological polar surface area (TPSA) is 81.3 Å². The standard InChI is InChI=1S/C10H14ClN3O2.C6H7N/c1-5-7(15)16-8-9(11)12-6(2)13-10(8)14(3)4;7-6-4-2-1-3-5-6/h5H2,1-4H3;1-5H,7H2. The second kappa shape index (κ2) is 8.95. The Bertz CT molecular complexity index is 648. The summed E-state index contributed by atoms with van der Waals surface area (Å²) in [4.78, 5) is 21.1. The lowest BCUT2D eigenvalue weighted by Crippen LogP contribution is -2.16. The molecule has 0 aliphatic heterocycles. The lowest BCUT2D eigenvalue weighted by molar-refractivity contribution is -0.134.